The second kappa shape index (κ2) is 10.0. The highest BCUT2D eigenvalue weighted by atomic mass is 19.3. The van der Waals surface area contributed by atoms with Gasteiger partial charge in [-0.05, 0) is 12.1 Å². The van der Waals surface area contributed by atoms with Crippen molar-refractivity contribution in [3.63, 3.8) is 0 Å². The molecule has 1 aliphatic rings. The van der Waals surface area contributed by atoms with Crippen LogP contribution in [0, 0.1) is 5.92 Å². The van der Waals surface area contributed by atoms with E-state index in [0.29, 0.717) is 5.69 Å². The topological polar surface area (TPSA) is 159 Å². The van der Waals surface area contributed by atoms with Crippen LogP contribution in [0.3, 0.4) is 0 Å². The van der Waals surface area contributed by atoms with Gasteiger partial charge in [-0.3, -0.25) is 14.9 Å². The van der Waals surface area contributed by atoms with Gasteiger partial charge in [0.15, 0.2) is 23.1 Å². The van der Waals surface area contributed by atoms with E-state index in [1.165, 1.54) is 32.7 Å². The summed E-state index contributed by atoms with van der Waals surface area (Å²) in [6, 6.07) is 5.68. The average molecular weight is 517 g/mol. The van der Waals surface area contributed by atoms with Crippen LogP contribution in [-0.2, 0) is 9.59 Å². The molecule has 4 rings (SSSR count). The summed E-state index contributed by atoms with van der Waals surface area (Å²) in [4.78, 5) is 39.8. The number of fused-ring (bicyclic) bond motifs is 1. The molecule has 1 aliphatic heterocycles. The van der Waals surface area contributed by atoms with E-state index < -0.39 is 18.0 Å². The lowest BCUT2D eigenvalue weighted by atomic mass is 10.2. The SMILES string of the molecule is COc1cc(Nc2ncnc(Nc3ccc4c(n3)NC(=O)C(F)(F)O4)n2)cc(OC)c1OC(=O)C(C)C. The van der Waals surface area contributed by atoms with Gasteiger partial charge < -0.3 is 29.6 Å². The Balaban J connectivity index is 1.53. The molecule has 3 heterocycles. The van der Waals surface area contributed by atoms with Crippen LogP contribution in [0.4, 0.5) is 38.0 Å². The van der Waals surface area contributed by atoms with E-state index in [2.05, 4.69) is 35.3 Å². The monoisotopic (exact) mass is 517 g/mol. The van der Waals surface area contributed by atoms with E-state index >= 15 is 0 Å². The predicted molar refractivity (Wildman–Crippen MR) is 125 cm³/mol. The fourth-order valence-corrected chi connectivity index (χ4v) is 2.98. The van der Waals surface area contributed by atoms with Crippen molar-refractivity contribution in [2.24, 2.45) is 5.92 Å². The molecule has 15 heteroatoms. The minimum Gasteiger partial charge on any atom is -0.493 e. The number of nitrogens with zero attached hydrogens (tertiary/aromatic N) is 4. The lowest BCUT2D eigenvalue weighted by Crippen LogP contribution is -2.43. The number of rotatable bonds is 8. The average Bonchev–Trinajstić information content (AvgIpc) is 2.85. The van der Waals surface area contributed by atoms with E-state index in [1.54, 1.807) is 26.0 Å². The minimum absolute atomic E-state index is 0.0553. The Morgan fingerprint density at radius 3 is 2.32 bits per heavy atom. The highest BCUT2D eigenvalue weighted by molar-refractivity contribution is 5.97. The van der Waals surface area contributed by atoms with Crippen LogP contribution in [0.25, 0.3) is 0 Å². The quantitative estimate of drug-likeness (QED) is 0.296. The Bertz CT molecular complexity index is 1330. The maximum Gasteiger partial charge on any atom is 0.482 e. The maximum absolute atomic E-state index is 13.4. The normalized spacial score (nSPS) is 13.6. The number of halogens is 2. The van der Waals surface area contributed by atoms with Gasteiger partial charge in [0.05, 0.1) is 20.1 Å². The van der Waals surface area contributed by atoms with Crippen molar-refractivity contribution in [2.45, 2.75) is 20.0 Å². The molecule has 0 fully saturated rings. The molecule has 3 N–H and O–H groups in total. The van der Waals surface area contributed by atoms with Crippen LogP contribution in [0.1, 0.15) is 13.8 Å². The molecule has 3 aromatic rings. The highest BCUT2D eigenvalue weighted by Gasteiger charge is 2.46. The number of nitrogens with one attached hydrogen (secondary N) is 3. The third-order valence-electron chi connectivity index (χ3n) is 4.80. The second-order valence-electron chi connectivity index (χ2n) is 7.78. The van der Waals surface area contributed by atoms with Crippen LogP contribution in [-0.4, -0.2) is 52.1 Å². The lowest BCUT2D eigenvalue weighted by Gasteiger charge is -2.24. The molecule has 0 spiro atoms. The molecule has 1 aromatic carbocycles. The second-order valence-corrected chi connectivity index (χ2v) is 7.78. The van der Waals surface area contributed by atoms with Crippen LogP contribution in [0.15, 0.2) is 30.6 Å². The van der Waals surface area contributed by atoms with Gasteiger partial charge in [-0.15, -0.1) is 0 Å². The fourth-order valence-electron chi connectivity index (χ4n) is 2.98. The van der Waals surface area contributed by atoms with Crippen LogP contribution >= 0.6 is 0 Å². The molecular formula is C22H21F2N7O6. The first kappa shape index (κ1) is 25.3. The molecule has 0 aliphatic carbocycles. The van der Waals surface area contributed by atoms with Gasteiger partial charge in [0.25, 0.3) is 0 Å². The molecular weight excluding hydrogens is 496 g/mol. The van der Waals surface area contributed by atoms with Gasteiger partial charge in [0.1, 0.15) is 12.1 Å². The number of aromatic nitrogens is 4. The van der Waals surface area contributed by atoms with E-state index in [4.69, 9.17) is 14.2 Å². The zero-order valence-corrected chi connectivity index (χ0v) is 20.0. The standard InChI is InChI=1S/C22H21F2N7O6/c1-10(2)18(32)36-16-13(34-3)7-11(8-14(16)35-4)27-20-25-9-26-21(31-20)29-15-6-5-12-17(28-15)30-19(33)22(23,24)37-12/h5-10H,1-4H3,(H3,25,26,27,28,29,30,31,33). The number of esters is 1. The van der Waals surface area contributed by atoms with Gasteiger partial charge in [0, 0.05) is 17.8 Å². The van der Waals surface area contributed by atoms with Crippen molar-refractivity contribution in [2.75, 3.05) is 30.2 Å². The first-order valence-electron chi connectivity index (χ1n) is 10.7. The summed E-state index contributed by atoms with van der Waals surface area (Å²) in [5.74, 6) is -2.03. The summed E-state index contributed by atoms with van der Waals surface area (Å²) in [6.45, 7) is 3.40. The van der Waals surface area contributed by atoms with Gasteiger partial charge in [-0.1, -0.05) is 13.8 Å². The molecule has 13 nitrogen and oxygen atoms in total. The van der Waals surface area contributed by atoms with Crippen molar-refractivity contribution in [3.05, 3.63) is 30.6 Å². The minimum atomic E-state index is -3.99. The number of carbonyl (C=O) groups excluding carboxylic acids is 2. The van der Waals surface area contributed by atoms with Gasteiger partial charge in [0.2, 0.25) is 17.6 Å². The molecule has 0 saturated carbocycles. The van der Waals surface area contributed by atoms with Crippen molar-refractivity contribution < 1.29 is 37.3 Å². The van der Waals surface area contributed by atoms with E-state index in [1.807, 2.05) is 5.32 Å². The van der Waals surface area contributed by atoms with Crippen molar-refractivity contribution >= 4 is 41.1 Å². The number of pyridine rings is 1. The molecule has 194 valence electrons. The predicted octanol–water partition coefficient (Wildman–Crippen LogP) is 3.26. The molecule has 2 aromatic heterocycles. The Hall–Kier alpha value is -4.82. The van der Waals surface area contributed by atoms with Crippen molar-refractivity contribution in [1.29, 1.82) is 0 Å². The third-order valence-corrected chi connectivity index (χ3v) is 4.80. The molecule has 0 bridgehead atoms. The van der Waals surface area contributed by atoms with E-state index in [-0.39, 0.29) is 52.4 Å². The van der Waals surface area contributed by atoms with E-state index in [9.17, 15) is 18.4 Å². The zero-order chi connectivity index (χ0) is 26.7. The molecule has 37 heavy (non-hydrogen) atoms. The number of anilines is 5. The maximum atomic E-state index is 13.4. The van der Waals surface area contributed by atoms with E-state index in [0.717, 1.165) is 0 Å². The summed E-state index contributed by atoms with van der Waals surface area (Å²) >= 11 is 0. The number of hydrogen-bond acceptors (Lipinski definition) is 12. The van der Waals surface area contributed by atoms with Gasteiger partial charge in [-0.25, -0.2) is 15.0 Å². The fraction of sp³-hybridized carbons (Fsp3) is 0.273. The molecule has 0 radical (unpaired) electrons. The van der Waals surface area contributed by atoms with Gasteiger partial charge >= 0.3 is 18.0 Å². The van der Waals surface area contributed by atoms with Crippen molar-refractivity contribution in [3.8, 4) is 23.0 Å². The number of carbonyl (C=O) groups is 2. The Morgan fingerprint density at radius 2 is 1.70 bits per heavy atom. The summed E-state index contributed by atoms with van der Waals surface area (Å²) in [7, 11) is 2.83. The molecule has 0 saturated heterocycles. The first-order chi connectivity index (χ1) is 17.6. The number of alkyl halides is 2. The van der Waals surface area contributed by atoms with Gasteiger partial charge in [-0.2, -0.15) is 13.8 Å². The van der Waals surface area contributed by atoms with Crippen LogP contribution < -0.4 is 34.9 Å². The lowest BCUT2D eigenvalue weighted by molar-refractivity contribution is -0.189. The summed E-state index contributed by atoms with van der Waals surface area (Å²) in [5.41, 5.74) is 0.447. The first-order valence-corrected chi connectivity index (χ1v) is 10.7. The Kier molecular flexibility index (Phi) is 6.86. The van der Waals surface area contributed by atoms with Crippen molar-refractivity contribution in [1.82, 2.24) is 19.9 Å². The molecule has 0 atom stereocenters. The third kappa shape index (κ3) is 5.55. The van der Waals surface area contributed by atoms with Crippen LogP contribution in [0.2, 0.25) is 0 Å². The highest BCUT2D eigenvalue weighted by Crippen LogP contribution is 2.41. The number of benzene rings is 1. The Labute approximate surface area is 208 Å². The molecule has 0 unspecified atom stereocenters. The summed E-state index contributed by atoms with van der Waals surface area (Å²) in [5, 5.41) is 7.73. The largest absolute Gasteiger partial charge is 0.493 e. The molecule has 1 amide bonds. The zero-order valence-electron chi connectivity index (χ0n) is 20.0. The number of ether oxygens (including phenoxy) is 4. The summed E-state index contributed by atoms with van der Waals surface area (Å²) < 4.78 is 47.3. The number of methoxy groups -OCH3 is 2. The number of hydrogen-bond donors (Lipinski definition) is 3. The van der Waals surface area contributed by atoms with Crippen LogP contribution in [0.5, 0.6) is 23.0 Å². The summed E-state index contributed by atoms with van der Waals surface area (Å²) in [6.07, 6.45) is -2.77. The smallest absolute Gasteiger partial charge is 0.482 e. The Morgan fingerprint density at radius 1 is 1.05 bits per heavy atom. The number of amides is 1.